The van der Waals surface area contributed by atoms with Crippen LogP contribution in [0.1, 0.15) is 72.4 Å². The fourth-order valence-electron chi connectivity index (χ4n) is 5.76. The van der Waals surface area contributed by atoms with Crippen molar-refractivity contribution >= 4 is 28.7 Å². The number of hydrogen-bond donors (Lipinski definition) is 1. The van der Waals surface area contributed by atoms with Crippen molar-refractivity contribution in [3.05, 3.63) is 76.4 Å². The molecule has 2 aromatic rings. The summed E-state index contributed by atoms with van der Waals surface area (Å²) in [6, 6.07) is 8.93. The highest BCUT2D eigenvalue weighted by Crippen LogP contribution is 2.46. The minimum atomic E-state index is -0.329. The lowest BCUT2D eigenvalue weighted by molar-refractivity contribution is 0.0979. The number of carbonyl (C=O) groups is 2. The number of nitrogens with zero attached hydrogens (tertiary/aromatic N) is 2. The van der Waals surface area contributed by atoms with Gasteiger partial charge >= 0.3 is 0 Å². The molecule has 6 nitrogen and oxygen atoms in total. The van der Waals surface area contributed by atoms with Crippen molar-refractivity contribution in [3.63, 3.8) is 0 Å². The topological polar surface area (TPSA) is 71.0 Å². The maximum absolute atomic E-state index is 13.8. The first-order valence-corrected chi connectivity index (χ1v) is 13.7. The summed E-state index contributed by atoms with van der Waals surface area (Å²) in [6.45, 7) is 12.6. The fourth-order valence-corrected chi connectivity index (χ4v) is 5.76. The number of anilines is 1. The molecule has 38 heavy (non-hydrogen) atoms. The summed E-state index contributed by atoms with van der Waals surface area (Å²) in [7, 11) is 0. The molecule has 0 spiro atoms. The summed E-state index contributed by atoms with van der Waals surface area (Å²) < 4.78 is 6.48. The van der Waals surface area contributed by atoms with Gasteiger partial charge in [0.05, 0.1) is 16.8 Å². The third kappa shape index (κ3) is 4.31. The summed E-state index contributed by atoms with van der Waals surface area (Å²) >= 11 is 0. The summed E-state index contributed by atoms with van der Waals surface area (Å²) in [5.41, 5.74) is 4.59. The number of benzene rings is 2. The highest BCUT2D eigenvalue weighted by molar-refractivity contribution is 6.32. The molecule has 0 saturated carbocycles. The number of fused-ring (bicyclic) bond motifs is 5. The van der Waals surface area contributed by atoms with Crippen molar-refractivity contribution in [3.8, 4) is 5.75 Å². The summed E-state index contributed by atoms with van der Waals surface area (Å²) in [5.74, 6) is 0.980. The number of allylic oxidation sites excluding steroid dienone is 2. The quantitative estimate of drug-likeness (QED) is 0.468. The summed E-state index contributed by atoms with van der Waals surface area (Å²) in [4.78, 5) is 35.0. The maximum Gasteiger partial charge on any atom is 0.196 e. The monoisotopic (exact) mass is 509 g/mol. The third-order valence-electron chi connectivity index (χ3n) is 8.17. The molecule has 1 N–H and O–H groups in total. The highest BCUT2D eigenvalue weighted by atomic mass is 16.5. The number of likely N-dealkylation sites (tertiary alicyclic amines) is 1. The highest BCUT2D eigenvalue weighted by Gasteiger charge is 2.38. The van der Waals surface area contributed by atoms with Crippen molar-refractivity contribution in [2.24, 2.45) is 16.3 Å². The molecular weight excluding hydrogens is 474 g/mol. The van der Waals surface area contributed by atoms with Crippen LogP contribution in [-0.4, -0.2) is 54.5 Å². The van der Waals surface area contributed by atoms with E-state index in [9.17, 15) is 9.59 Å². The average Bonchev–Trinajstić information content (AvgIpc) is 2.90. The Morgan fingerprint density at radius 2 is 1.71 bits per heavy atom. The number of carbonyl (C=O) groups excluding carboxylic acids is 2. The molecule has 2 heterocycles. The number of rotatable bonds is 4. The number of nitrogens with one attached hydrogen (secondary N) is 1. The molecule has 1 atom stereocenters. The summed E-state index contributed by atoms with van der Waals surface area (Å²) in [5, 5.41) is 3.50. The predicted molar refractivity (Wildman–Crippen MR) is 151 cm³/mol. The van der Waals surface area contributed by atoms with Crippen LogP contribution in [0.3, 0.4) is 0 Å². The van der Waals surface area contributed by atoms with Crippen LogP contribution < -0.4 is 10.1 Å². The minimum absolute atomic E-state index is 0.0213. The largest absolute Gasteiger partial charge is 0.478 e. The molecule has 2 aliphatic heterocycles. The first-order valence-electron chi connectivity index (χ1n) is 13.7. The van der Waals surface area contributed by atoms with Gasteiger partial charge < -0.3 is 15.0 Å². The van der Waals surface area contributed by atoms with E-state index in [0.717, 1.165) is 31.3 Å². The Morgan fingerprint density at radius 3 is 2.39 bits per heavy atom. The van der Waals surface area contributed by atoms with Gasteiger partial charge in [0.15, 0.2) is 17.7 Å². The second-order valence-electron chi connectivity index (χ2n) is 12.0. The van der Waals surface area contributed by atoms with Gasteiger partial charge in [-0.15, -0.1) is 0 Å². The lowest BCUT2D eigenvalue weighted by Gasteiger charge is -2.32. The van der Waals surface area contributed by atoms with Gasteiger partial charge in [0.1, 0.15) is 11.4 Å². The molecule has 2 aromatic carbocycles. The van der Waals surface area contributed by atoms with Crippen molar-refractivity contribution in [1.82, 2.24) is 4.90 Å². The number of hydrogen-bond acceptors (Lipinski definition) is 6. The van der Waals surface area contributed by atoms with Crippen LogP contribution in [0.5, 0.6) is 5.75 Å². The number of ether oxygens (including phenoxy) is 1. The molecule has 6 heteroatoms. The van der Waals surface area contributed by atoms with Crippen molar-refractivity contribution in [2.45, 2.75) is 46.6 Å². The van der Waals surface area contributed by atoms with E-state index in [-0.39, 0.29) is 23.1 Å². The lowest BCUT2D eigenvalue weighted by Crippen LogP contribution is -2.36. The van der Waals surface area contributed by atoms with Gasteiger partial charge in [0.2, 0.25) is 0 Å². The Labute approximate surface area is 224 Å². The smallest absolute Gasteiger partial charge is 0.196 e. The Morgan fingerprint density at radius 1 is 1.03 bits per heavy atom. The Bertz CT molecular complexity index is 1420. The molecule has 0 amide bonds. The third-order valence-corrected chi connectivity index (χ3v) is 8.17. The molecule has 6 rings (SSSR count). The zero-order chi connectivity index (χ0) is 26.6. The van der Waals surface area contributed by atoms with Crippen LogP contribution in [0, 0.1) is 11.3 Å². The minimum Gasteiger partial charge on any atom is -0.478 e. The normalized spacial score (nSPS) is 21.0. The second kappa shape index (κ2) is 9.35. The Kier molecular flexibility index (Phi) is 6.10. The molecule has 0 bridgehead atoms. The van der Waals surface area contributed by atoms with Gasteiger partial charge in [0.25, 0.3) is 0 Å². The average molecular weight is 510 g/mol. The van der Waals surface area contributed by atoms with Gasteiger partial charge in [0, 0.05) is 36.0 Å². The van der Waals surface area contributed by atoms with E-state index in [2.05, 4.69) is 50.1 Å². The van der Waals surface area contributed by atoms with Crippen LogP contribution in [0.4, 0.5) is 11.4 Å². The van der Waals surface area contributed by atoms with Crippen LogP contribution in [0.15, 0.2) is 59.1 Å². The predicted octanol–water partition coefficient (Wildman–Crippen LogP) is 5.98. The van der Waals surface area contributed by atoms with E-state index in [0.29, 0.717) is 45.9 Å². The first kappa shape index (κ1) is 24.8. The molecule has 196 valence electrons. The molecular formula is C32H35N3O3. The molecule has 0 aromatic heterocycles. The molecule has 1 saturated heterocycles. The van der Waals surface area contributed by atoms with Gasteiger partial charge in [-0.2, -0.15) is 0 Å². The number of aliphatic imine (C=N–C) groups is 1. The Hall–Kier alpha value is -3.51. The van der Waals surface area contributed by atoms with Crippen molar-refractivity contribution in [1.29, 1.82) is 0 Å². The van der Waals surface area contributed by atoms with Crippen LogP contribution in [0.25, 0.3) is 0 Å². The second-order valence-corrected chi connectivity index (χ2v) is 12.0. The van der Waals surface area contributed by atoms with Gasteiger partial charge in [-0.1, -0.05) is 58.0 Å². The zero-order valence-corrected chi connectivity index (χ0v) is 22.6. The molecule has 0 radical (unpaired) electrons. The van der Waals surface area contributed by atoms with E-state index in [4.69, 9.17) is 9.73 Å². The first-order chi connectivity index (χ1) is 18.2. The van der Waals surface area contributed by atoms with E-state index in [1.807, 2.05) is 12.1 Å². The van der Waals surface area contributed by atoms with Crippen molar-refractivity contribution < 1.29 is 14.3 Å². The van der Waals surface area contributed by atoms with Gasteiger partial charge in [-0.25, -0.2) is 4.99 Å². The molecule has 2 aliphatic carbocycles. The van der Waals surface area contributed by atoms with Crippen molar-refractivity contribution in [2.75, 3.05) is 31.5 Å². The molecule has 4 aliphatic rings. The fraction of sp³-hybridized carbons (Fsp3) is 0.406. The summed E-state index contributed by atoms with van der Waals surface area (Å²) in [6.07, 6.45) is 8.24. The Balaban J connectivity index is 1.39. The molecule has 1 fully saturated rings. The van der Waals surface area contributed by atoms with Crippen LogP contribution in [-0.2, 0) is 0 Å². The van der Waals surface area contributed by atoms with Gasteiger partial charge in [-0.05, 0) is 55.0 Å². The number of piperidine rings is 1. The van der Waals surface area contributed by atoms with Gasteiger partial charge in [-0.3, -0.25) is 9.59 Å². The number of ketones is 2. The standard InChI is InChI=1S/C32H35N3O3/c1-19-11-14-35(15-12-19)16-13-33-24-18-26-29(34-23-10-9-20(32(2,3)4)17-25(23)38-26)28-27(24)30(36)21-7-5-6-8-22(21)31(28)37/h5-10,17-19,25,33H,11-16H2,1-4H3. The lowest BCUT2D eigenvalue weighted by atomic mass is 9.81. The van der Waals surface area contributed by atoms with E-state index in [1.165, 1.54) is 18.4 Å². The van der Waals surface area contributed by atoms with E-state index in [1.54, 1.807) is 24.3 Å². The van der Waals surface area contributed by atoms with E-state index < -0.39 is 0 Å². The van der Waals surface area contributed by atoms with E-state index >= 15 is 0 Å². The van der Waals surface area contributed by atoms with Crippen LogP contribution in [0.2, 0.25) is 0 Å². The SMILES string of the molecule is CC1CCN(CCNc2cc3c(c4c2C(=O)c2ccccc2C4=O)N=C2C=CC(C(C)(C)C)=CC2O3)CC1. The molecule has 1 unspecified atom stereocenters. The maximum atomic E-state index is 13.8. The zero-order valence-electron chi connectivity index (χ0n) is 22.6. The van der Waals surface area contributed by atoms with Crippen LogP contribution >= 0.6 is 0 Å².